The first-order chi connectivity index (χ1) is 10.5. The Morgan fingerprint density at radius 3 is 2.82 bits per heavy atom. The van der Waals surface area contributed by atoms with E-state index < -0.39 is 11.8 Å². The number of halogens is 1. The van der Waals surface area contributed by atoms with Gasteiger partial charge < -0.3 is 15.7 Å². The van der Waals surface area contributed by atoms with Crippen LogP contribution < -0.4 is 10.6 Å². The van der Waals surface area contributed by atoms with E-state index in [2.05, 4.69) is 10.6 Å². The maximum absolute atomic E-state index is 11.9. The Bertz CT molecular complexity index is 562. The number of benzene rings is 1. The lowest BCUT2D eigenvalue weighted by atomic mass is 9.87. The van der Waals surface area contributed by atoms with Gasteiger partial charge in [-0.15, -0.1) is 0 Å². The van der Waals surface area contributed by atoms with Gasteiger partial charge in [-0.2, -0.15) is 0 Å². The molecule has 1 aliphatic carbocycles. The maximum atomic E-state index is 11.9. The molecule has 1 aromatic rings. The molecule has 1 aliphatic rings. The predicted octanol–water partition coefficient (Wildman–Crippen LogP) is 2.25. The number of anilines is 1. The molecule has 0 spiro atoms. The molecule has 2 rings (SSSR count). The van der Waals surface area contributed by atoms with Gasteiger partial charge in [0.25, 0.3) is 0 Å². The first kappa shape index (κ1) is 16.8. The van der Waals surface area contributed by atoms with E-state index in [0.717, 1.165) is 24.8 Å². The molecule has 0 saturated heterocycles. The number of aryl methyl sites for hydroxylation is 1. The van der Waals surface area contributed by atoms with Crippen LogP contribution in [-0.4, -0.2) is 29.6 Å². The van der Waals surface area contributed by atoms with Crippen LogP contribution >= 0.6 is 11.6 Å². The molecular weight excluding hydrogens is 304 g/mol. The number of hydrogen-bond donors (Lipinski definition) is 3. The van der Waals surface area contributed by atoms with Crippen molar-refractivity contribution >= 4 is 29.1 Å². The summed E-state index contributed by atoms with van der Waals surface area (Å²) in [5, 5.41) is 15.1. The van der Waals surface area contributed by atoms with Gasteiger partial charge in [-0.05, 0) is 49.8 Å². The number of rotatable bonds is 3. The van der Waals surface area contributed by atoms with Crippen molar-refractivity contribution in [3.63, 3.8) is 0 Å². The van der Waals surface area contributed by atoms with Crippen LogP contribution in [0.2, 0.25) is 5.02 Å². The molecule has 22 heavy (non-hydrogen) atoms. The molecule has 1 aromatic carbocycles. The third kappa shape index (κ3) is 4.71. The Balaban J connectivity index is 1.84. The Kier molecular flexibility index (Phi) is 5.80. The van der Waals surface area contributed by atoms with Crippen molar-refractivity contribution in [1.82, 2.24) is 5.32 Å². The van der Waals surface area contributed by atoms with Gasteiger partial charge in [-0.3, -0.25) is 9.59 Å². The first-order valence-electron chi connectivity index (χ1n) is 7.49. The van der Waals surface area contributed by atoms with Gasteiger partial charge >= 0.3 is 11.8 Å². The normalized spacial score (nSPS) is 21.2. The maximum Gasteiger partial charge on any atom is 0.313 e. The van der Waals surface area contributed by atoms with Crippen molar-refractivity contribution in [2.45, 2.75) is 38.7 Å². The van der Waals surface area contributed by atoms with Crippen LogP contribution in [0, 0.1) is 12.8 Å². The van der Waals surface area contributed by atoms with Gasteiger partial charge in [-0.1, -0.05) is 24.1 Å². The summed E-state index contributed by atoms with van der Waals surface area (Å²) in [6.07, 6.45) is 3.10. The molecule has 5 nitrogen and oxygen atoms in total. The van der Waals surface area contributed by atoms with Gasteiger partial charge in [0, 0.05) is 6.54 Å². The van der Waals surface area contributed by atoms with Crippen LogP contribution in [-0.2, 0) is 9.59 Å². The average Bonchev–Trinajstić information content (AvgIpc) is 2.48. The highest BCUT2D eigenvalue weighted by Gasteiger charge is 2.22. The van der Waals surface area contributed by atoms with Crippen molar-refractivity contribution in [1.29, 1.82) is 0 Å². The highest BCUT2D eigenvalue weighted by molar-refractivity contribution is 6.41. The Hall–Kier alpha value is -1.59. The van der Waals surface area contributed by atoms with Crippen LogP contribution in [0.25, 0.3) is 0 Å². The van der Waals surface area contributed by atoms with E-state index >= 15 is 0 Å². The molecule has 0 aromatic heterocycles. The summed E-state index contributed by atoms with van der Waals surface area (Å²) < 4.78 is 0. The fourth-order valence-corrected chi connectivity index (χ4v) is 2.84. The minimum atomic E-state index is -0.733. The lowest BCUT2D eigenvalue weighted by Gasteiger charge is -2.25. The summed E-state index contributed by atoms with van der Waals surface area (Å²) in [7, 11) is 0. The number of nitrogens with one attached hydrogen (secondary N) is 2. The molecule has 1 fully saturated rings. The van der Waals surface area contributed by atoms with Gasteiger partial charge in [0.15, 0.2) is 0 Å². The molecule has 0 heterocycles. The Labute approximate surface area is 135 Å². The van der Waals surface area contributed by atoms with Crippen LogP contribution in [0.3, 0.4) is 0 Å². The second-order valence-corrected chi connectivity index (χ2v) is 6.24. The molecule has 0 aliphatic heterocycles. The SMILES string of the molecule is Cc1ccc(Cl)c(NC(=O)C(=O)NCC2CCCC(O)C2)c1. The number of carbonyl (C=O) groups excluding carboxylic acids is 2. The highest BCUT2D eigenvalue weighted by Crippen LogP contribution is 2.24. The van der Waals surface area contributed by atoms with Crippen molar-refractivity contribution in [2.75, 3.05) is 11.9 Å². The zero-order chi connectivity index (χ0) is 16.1. The fourth-order valence-electron chi connectivity index (χ4n) is 2.68. The summed E-state index contributed by atoms with van der Waals surface area (Å²) in [5.74, 6) is -1.19. The molecule has 0 bridgehead atoms. The second kappa shape index (κ2) is 7.61. The van der Waals surface area contributed by atoms with Crippen LogP contribution in [0.1, 0.15) is 31.2 Å². The Morgan fingerprint density at radius 2 is 2.09 bits per heavy atom. The smallest absolute Gasteiger partial charge is 0.313 e. The topological polar surface area (TPSA) is 78.4 Å². The summed E-state index contributed by atoms with van der Waals surface area (Å²) >= 11 is 5.99. The standard InChI is InChI=1S/C16H21ClN2O3/c1-10-5-6-13(17)14(7-10)19-16(22)15(21)18-9-11-3-2-4-12(20)8-11/h5-7,11-12,20H,2-4,8-9H2,1H3,(H,18,21)(H,19,22). The quantitative estimate of drug-likeness (QED) is 0.746. The average molecular weight is 325 g/mol. The van der Waals surface area contributed by atoms with E-state index in [-0.39, 0.29) is 12.0 Å². The molecule has 1 saturated carbocycles. The van der Waals surface area contributed by atoms with Crippen molar-refractivity contribution in [3.8, 4) is 0 Å². The number of hydrogen-bond acceptors (Lipinski definition) is 3. The van der Waals surface area contributed by atoms with Gasteiger partial charge in [0.2, 0.25) is 0 Å². The van der Waals surface area contributed by atoms with E-state index in [0.29, 0.717) is 23.7 Å². The lowest BCUT2D eigenvalue weighted by Crippen LogP contribution is -2.39. The zero-order valence-electron chi connectivity index (χ0n) is 12.6. The molecule has 2 unspecified atom stereocenters. The van der Waals surface area contributed by atoms with E-state index in [1.807, 2.05) is 13.0 Å². The zero-order valence-corrected chi connectivity index (χ0v) is 13.3. The van der Waals surface area contributed by atoms with Crippen LogP contribution in [0.15, 0.2) is 18.2 Å². The molecule has 2 atom stereocenters. The highest BCUT2D eigenvalue weighted by atomic mass is 35.5. The molecule has 0 radical (unpaired) electrons. The summed E-state index contributed by atoms with van der Waals surface area (Å²) in [6.45, 7) is 2.28. The molecule has 3 N–H and O–H groups in total. The second-order valence-electron chi connectivity index (χ2n) is 5.83. The monoisotopic (exact) mass is 324 g/mol. The van der Waals surface area contributed by atoms with Gasteiger partial charge in [0.1, 0.15) is 0 Å². The lowest BCUT2D eigenvalue weighted by molar-refractivity contribution is -0.136. The fraction of sp³-hybridized carbons (Fsp3) is 0.500. The number of carbonyl (C=O) groups is 2. The van der Waals surface area contributed by atoms with Gasteiger partial charge in [0.05, 0.1) is 16.8 Å². The third-order valence-electron chi connectivity index (χ3n) is 3.88. The van der Waals surface area contributed by atoms with E-state index in [9.17, 15) is 14.7 Å². The largest absolute Gasteiger partial charge is 0.393 e. The minimum absolute atomic E-state index is 0.225. The summed E-state index contributed by atoms with van der Waals surface area (Å²) in [4.78, 5) is 23.7. The molecule has 2 amide bonds. The van der Waals surface area contributed by atoms with Crippen molar-refractivity contribution in [3.05, 3.63) is 28.8 Å². The Morgan fingerprint density at radius 1 is 1.32 bits per heavy atom. The summed E-state index contributed by atoms with van der Waals surface area (Å²) in [5.41, 5.74) is 1.37. The van der Waals surface area contributed by atoms with E-state index in [4.69, 9.17) is 11.6 Å². The molecular formula is C16H21ClN2O3. The predicted molar refractivity (Wildman–Crippen MR) is 85.8 cm³/mol. The van der Waals surface area contributed by atoms with E-state index in [1.165, 1.54) is 0 Å². The summed E-state index contributed by atoms with van der Waals surface area (Å²) in [6, 6.07) is 5.21. The first-order valence-corrected chi connectivity index (χ1v) is 7.87. The third-order valence-corrected chi connectivity index (χ3v) is 4.21. The van der Waals surface area contributed by atoms with Crippen LogP contribution in [0.5, 0.6) is 0 Å². The number of aliphatic hydroxyl groups excluding tert-OH is 1. The van der Waals surface area contributed by atoms with Crippen LogP contribution in [0.4, 0.5) is 5.69 Å². The van der Waals surface area contributed by atoms with Crippen molar-refractivity contribution < 1.29 is 14.7 Å². The number of aliphatic hydroxyl groups is 1. The number of amides is 2. The van der Waals surface area contributed by atoms with Crippen molar-refractivity contribution in [2.24, 2.45) is 5.92 Å². The minimum Gasteiger partial charge on any atom is -0.393 e. The van der Waals surface area contributed by atoms with Gasteiger partial charge in [-0.25, -0.2) is 0 Å². The molecule has 120 valence electrons. The molecule has 6 heteroatoms. The van der Waals surface area contributed by atoms with E-state index in [1.54, 1.807) is 12.1 Å².